The number of nitrogen functional groups attached to an aromatic ring is 1. The molecule has 0 fully saturated rings. The zero-order valence-corrected chi connectivity index (χ0v) is 12.1. The van der Waals surface area contributed by atoms with Gasteiger partial charge in [-0.3, -0.25) is 0 Å². The average Bonchev–Trinajstić information content (AvgIpc) is 2.28. The third-order valence-corrected chi connectivity index (χ3v) is 3.91. The zero-order valence-electron chi connectivity index (χ0n) is 8.22. The monoisotopic (exact) mass is 351 g/mol. The van der Waals surface area contributed by atoms with Crippen molar-refractivity contribution in [2.45, 2.75) is 0 Å². The molecule has 0 unspecified atom stereocenters. The summed E-state index contributed by atoms with van der Waals surface area (Å²) in [6, 6.07) is 5.20. The molecule has 17 heavy (non-hydrogen) atoms. The summed E-state index contributed by atoms with van der Waals surface area (Å²) in [6.45, 7) is 0. The molecule has 3 nitrogen and oxygen atoms in total. The number of anilines is 1. The minimum absolute atomic E-state index is 0.197. The van der Waals surface area contributed by atoms with E-state index in [1.54, 1.807) is 18.2 Å². The lowest BCUT2D eigenvalue weighted by atomic mass is 10.1. The Labute approximate surface area is 121 Å². The molecule has 1 heterocycles. The second-order valence-corrected chi connectivity index (χ2v) is 5.03. The predicted octanol–water partition coefficient (Wildman–Crippen LogP) is 4.45. The first kappa shape index (κ1) is 12.9. The number of benzene rings is 1. The summed E-state index contributed by atoms with van der Waals surface area (Å²) in [5.41, 5.74) is 6.81. The molecule has 2 aromatic rings. The Kier molecular flexibility index (Phi) is 3.78. The van der Waals surface area contributed by atoms with Crippen molar-refractivity contribution in [2.75, 3.05) is 5.73 Å². The standard InChI is InChI=1S/C10H5BrCl3N3/c11-8-9(14)17-10(15)7(16-8)4-2-1-3-5(12)6(4)13/h1-3H,(H2,15,17). The minimum atomic E-state index is 0.197. The van der Waals surface area contributed by atoms with Gasteiger partial charge in [0.15, 0.2) is 11.0 Å². The number of nitrogens with two attached hydrogens (primary N) is 1. The van der Waals surface area contributed by atoms with Crippen molar-refractivity contribution in [2.24, 2.45) is 0 Å². The summed E-state index contributed by atoms with van der Waals surface area (Å²) in [4.78, 5) is 8.15. The first-order valence-corrected chi connectivity index (χ1v) is 6.36. The third-order valence-electron chi connectivity index (χ3n) is 2.05. The highest BCUT2D eigenvalue weighted by atomic mass is 79.9. The zero-order chi connectivity index (χ0) is 12.6. The summed E-state index contributed by atoms with van der Waals surface area (Å²) in [5.74, 6) is 0.197. The van der Waals surface area contributed by atoms with Crippen molar-refractivity contribution >= 4 is 56.6 Å². The van der Waals surface area contributed by atoms with Gasteiger partial charge in [-0.2, -0.15) is 0 Å². The molecule has 7 heteroatoms. The molecule has 2 rings (SSSR count). The van der Waals surface area contributed by atoms with Gasteiger partial charge in [0.05, 0.1) is 10.0 Å². The quantitative estimate of drug-likeness (QED) is 0.824. The molecule has 0 aliphatic carbocycles. The van der Waals surface area contributed by atoms with E-state index in [2.05, 4.69) is 25.9 Å². The fourth-order valence-electron chi connectivity index (χ4n) is 1.29. The van der Waals surface area contributed by atoms with Crippen molar-refractivity contribution in [1.29, 1.82) is 0 Å². The maximum Gasteiger partial charge on any atom is 0.164 e. The Bertz CT molecular complexity index is 589. The smallest absolute Gasteiger partial charge is 0.164 e. The van der Waals surface area contributed by atoms with Crippen LogP contribution in [0.3, 0.4) is 0 Å². The van der Waals surface area contributed by atoms with Gasteiger partial charge in [0.25, 0.3) is 0 Å². The van der Waals surface area contributed by atoms with Gasteiger partial charge in [0.2, 0.25) is 0 Å². The fraction of sp³-hybridized carbons (Fsp3) is 0. The van der Waals surface area contributed by atoms with Crippen molar-refractivity contribution in [3.8, 4) is 11.3 Å². The molecule has 0 aliphatic rings. The van der Waals surface area contributed by atoms with Crippen molar-refractivity contribution in [3.05, 3.63) is 38.0 Å². The second-order valence-electron chi connectivity index (χ2n) is 3.14. The highest BCUT2D eigenvalue weighted by Crippen LogP contribution is 2.36. The number of hydrogen-bond acceptors (Lipinski definition) is 3. The maximum atomic E-state index is 6.09. The van der Waals surface area contributed by atoms with Gasteiger partial charge in [-0.05, 0) is 22.0 Å². The van der Waals surface area contributed by atoms with Crippen LogP contribution in [0.25, 0.3) is 11.3 Å². The Morgan fingerprint density at radius 2 is 1.82 bits per heavy atom. The van der Waals surface area contributed by atoms with E-state index in [1.165, 1.54) is 0 Å². The molecule has 1 aromatic heterocycles. The van der Waals surface area contributed by atoms with Crippen molar-refractivity contribution in [1.82, 2.24) is 9.97 Å². The highest BCUT2D eigenvalue weighted by molar-refractivity contribution is 9.10. The molecule has 0 atom stereocenters. The van der Waals surface area contributed by atoms with Crippen LogP contribution in [0.1, 0.15) is 0 Å². The number of hydrogen-bond donors (Lipinski definition) is 1. The van der Waals surface area contributed by atoms with Gasteiger partial charge >= 0.3 is 0 Å². The molecule has 0 radical (unpaired) electrons. The lowest BCUT2D eigenvalue weighted by Gasteiger charge is -2.08. The largest absolute Gasteiger partial charge is 0.382 e. The van der Waals surface area contributed by atoms with Crippen LogP contribution in [0.5, 0.6) is 0 Å². The number of nitrogens with zero attached hydrogens (tertiary/aromatic N) is 2. The van der Waals surface area contributed by atoms with E-state index in [9.17, 15) is 0 Å². The molecular weight excluding hydrogens is 348 g/mol. The van der Waals surface area contributed by atoms with Crippen LogP contribution in [0, 0.1) is 0 Å². The topological polar surface area (TPSA) is 51.8 Å². The molecule has 0 amide bonds. The molecular formula is C10H5BrCl3N3. The van der Waals surface area contributed by atoms with Crippen molar-refractivity contribution in [3.63, 3.8) is 0 Å². The predicted molar refractivity (Wildman–Crippen MR) is 74.6 cm³/mol. The Morgan fingerprint density at radius 1 is 1.12 bits per heavy atom. The average molecular weight is 353 g/mol. The van der Waals surface area contributed by atoms with Crippen LogP contribution in [0.4, 0.5) is 5.82 Å². The van der Waals surface area contributed by atoms with Crippen LogP contribution < -0.4 is 5.73 Å². The Hall–Kier alpha value is -0.550. The summed E-state index contributed by atoms with van der Waals surface area (Å²) in [7, 11) is 0. The molecule has 0 saturated heterocycles. The SMILES string of the molecule is Nc1nc(Cl)c(Br)nc1-c1cccc(Cl)c1Cl. The van der Waals surface area contributed by atoms with Crippen LogP contribution in [0.15, 0.2) is 22.8 Å². The molecule has 0 saturated carbocycles. The van der Waals surface area contributed by atoms with E-state index in [0.717, 1.165) is 0 Å². The van der Waals surface area contributed by atoms with Crippen LogP contribution in [-0.2, 0) is 0 Å². The first-order valence-electron chi connectivity index (χ1n) is 4.43. The Balaban J connectivity index is 2.69. The van der Waals surface area contributed by atoms with E-state index in [-0.39, 0.29) is 11.0 Å². The van der Waals surface area contributed by atoms with E-state index in [1.807, 2.05) is 0 Å². The molecule has 0 spiro atoms. The summed E-state index contributed by atoms with van der Waals surface area (Å²) in [6.07, 6.45) is 0. The van der Waals surface area contributed by atoms with E-state index in [0.29, 0.717) is 25.9 Å². The van der Waals surface area contributed by atoms with E-state index in [4.69, 9.17) is 40.5 Å². The van der Waals surface area contributed by atoms with Gasteiger partial charge < -0.3 is 5.73 Å². The lowest BCUT2D eigenvalue weighted by Crippen LogP contribution is -1.99. The molecule has 1 aromatic carbocycles. The van der Waals surface area contributed by atoms with E-state index < -0.39 is 0 Å². The third kappa shape index (κ3) is 2.50. The molecule has 88 valence electrons. The number of rotatable bonds is 1. The van der Waals surface area contributed by atoms with E-state index >= 15 is 0 Å². The minimum Gasteiger partial charge on any atom is -0.382 e. The number of aromatic nitrogens is 2. The van der Waals surface area contributed by atoms with Gasteiger partial charge in [-0.15, -0.1) is 0 Å². The van der Waals surface area contributed by atoms with Gasteiger partial charge in [0, 0.05) is 5.56 Å². The summed E-state index contributed by atoms with van der Waals surface area (Å²) < 4.78 is 0.402. The summed E-state index contributed by atoms with van der Waals surface area (Å²) >= 11 is 21.0. The molecule has 2 N–H and O–H groups in total. The Morgan fingerprint density at radius 3 is 2.53 bits per heavy atom. The van der Waals surface area contributed by atoms with Crippen molar-refractivity contribution < 1.29 is 0 Å². The van der Waals surface area contributed by atoms with Crippen LogP contribution >= 0.6 is 50.7 Å². The van der Waals surface area contributed by atoms with Gasteiger partial charge in [0.1, 0.15) is 10.3 Å². The normalized spacial score (nSPS) is 10.6. The molecule has 0 bridgehead atoms. The van der Waals surface area contributed by atoms with Crippen LogP contribution in [-0.4, -0.2) is 9.97 Å². The summed E-state index contributed by atoms with van der Waals surface area (Å²) in [5, 5.41) is 1.00. The highest BCUT2D eigenvalue weighted by Gasteiger charge is 2.14. The fourth-order valence-corrected chi connectivity index (χ4v) is 2.08. The first-order chi connectivity index (χ1) is 8.00. The second kappa shape index (κ2) is 4.98. The molecule has 0 aliphatic heterocycles. The maximum absolute atomic E-state index is 6.09. The lowest BCUT2D eigenvalue weighted by molar-refractivity contribution is 1.18. The van der Waals surface area contributed by atoms with Gasteiger partial charge in [-0.1, -0.05) is 46.9 Å². The van der Waals surface area contributed by atoms with Gasteiger partial charge in [-0.25, -0.2) is 9.97 Å². The van der Waals surface area contributed by atoms with Crippen LogP contribution in [0.2, 0.25) is 15.2 Å². The number of halogens is 4.